The number of nitrogens with two attached hydrogens (primary N) is 1. The van der Waals surface area contributed by atoms with E-state index in [1.54, 1.807) is 11.3 Å². The van der Waals surface area contributed by atoms with Gasteiger partial charge < -0.3 is 10.3 Å². The van der Waals surface area contributed by atoms with Crippen molar-refractivity contribution in [1.82, 2.24) is 19.8 Å². The van der Waals surface area contributed by atoms with Crippen LogP contribution in [0, 0.1) is 0 Å². The lowest BCUT2D eigenvalue weighted by atomic mass is 10.2. The number of aromatic nitrogens is 2. The number of hydrazine groups is 1. The van der Waals surface area contributed by atoms with Gasteiger partial charge in [-0.3, -0.25) is 4.90 Å². The largest absolute Gasteiger partial charge is 0.308 e. The number of likely N-dealkylation sites (N-methyl/N-ethyl adjacent to an activating group) is 1. The van der Waals surface area contributed by atoms with Crippen LogP contribution in [0.2, 0.25) is 0 Å². The van der Waals surface area contributed by atoms with Crippen LogP contribution in [-0.4, -0.2) is 52.5 Å². The summed E-state index contributed by atoms with van der Waals surface area (Å²) in [6, 6.07) is 2.57. The Morgan fingerprint density at radius 1 is 1.45 bits per heavy atom. The molecule has 0 radical (unpaired) electrons. The van der Waals surface area contributed by atoms with Gasteiger partial charge in [-0.25, -0.2) is 15.8 Å². The van der Waals surface area contributed by atoms with Crippen molar-refractivity contribution in [2.45, 2.75) is 19.5 Å². The first kappa shape index (κ1) is 13.7. The molecule has 1 fully saturated rings. The number of nitrogens with zero attached hydrogens (tertiary/aromatic N) is 4. The molecule has 2 aromatic heterocycles. The van der Waals surface area contributed by atoms with Gasteiger partial charge in [0.1, 0.15) is 10.7 Å². The summed E-state index contributed by atoms with van der Waals surface area (Å²) < 4.78 is 0. The van der Waals surface area contributed by atoms with Crippen molar-refractivity contribution in [1.29, 1.82) is 0 Å². The summed E-state index contributed by atoms with van der Waals surface area (Å²) in [5.41, 5.74) is 2.68. The summed E-state index contributed by atoms with van der Waals surface area (Å²) in [4.78, 5) is 14.9. The molecule has 3 rings (SSSR count). The lowest BCUT2D eigenvalue weighted by Gasteiger charge is -2.37. The molecule has 3 N–H and O–H groups in total. The average Bonchev–Trinajstić information content (AvgIpc) is 2.90. The molecule has 1 aliphatic heterocycles. The summed E-state index contributed by atoms with van der Waals surface area (Å²) in [5, 5.41) is 3.01. The van der Waals surface area contributed by atoms with Gasteiger partial charge in [-0.15, -0.1) is 11.3 Å². The maximum Gasteiger partial charge on any atom is 0.152 e. The van der Waals surface area contributed by atoms with Crippen LogP contribution in [0.1, 0.15) is 12.7 Å². The zero-order chi connectivity index (χ0) is 14.1. The van der Waals surface area contributed by atoms with E-state index < -0.39 is 0 Å². The van der Waals surface area contributed by atoms with E-state index in [1.165, 1.54) is 0 Å². The highest BCUT2D eigenvalue weighted by molar-refractivity contribution is 7.16. The molecule has 1 saturated heterocycles. The van der Waals surface area contributed by atoms with Crippen molar-refractivity contribution >= 4 is 27.4 Å². The first-order chi connectivity index (χ1) is 9.67. The molecule has 0 aromatic carbocycles. The Morgan fingerprint density at radius 2 is 2.30 bits per heavy atom. The molecule has 0 aliphatic carbocycles. The standard InChI is InChI=1S/C13H20N6S/c1-9-7-19(5-4-18(9)2)8-11-15-12(17-14)10-3-6-20-13(10)16-11/h3,6,9H,4-5,7-8,14H2,1-2H3,(H,15,16,17). The Bertz CT molecular complexity index is 598. The molecular formula is C13H20N6S. The van der Waals surface area contributed by atoms with Crippen LogP contribution in [0.5, 0.6) is 0 Å². The van der Waals surface area contributed by atoms with Gasteiger partial charge in [0.15, 0.2) is 5.82 Å². The van der Waals surface area contributed by atoms with Crippen molar-refractivity contribution < 1.29 is 0 Å². The fourth-order valence-corrected chi connectivity index (χ4v) is 3.33. The molecule has 3 heterocycles. The van der Waals surface area contributed by atoms with Gasteiger partial charge >= 0.3 is 0 Å². The van der Waals surface area contributed by atoms with E-state index in [-0.39, 0.29) is 0 Å². The van der Waals surface area contributed by atoms with Gasteiger partial charge in [0.2, 0.25) is 0 Å². The highest BCUT2D eigenvalue weighted by Crippen LogP contribution is 2.24. The molecule has 1 aliphatic rings. The third-order valence-electron chi connectivity index (χ3n) is 3.92. The smallest absolute Gasteiger partial charge is 0.152 e. The van der Waals surface area contributed by atoms with Crippen LogP contribution in [0.25, 0.3) is 10.2 Å². The van der Waals surface area contributed by atoms with Crippen molar-refractivity contribution in [3.63, 3.8) is 0 Å². The Hall–Kier alpha value is -1.28. The number of thiophene rings is 1. The highest BCUT2D eigenvalue weighted by Gasteiger charge is 2.21. The maximum absolute atomic E-state index is 5.56. The normalized spacial score (nSPS) is 21.4. The van der Waals surface area contributed by atoms with Gasteiger partial charge in [0.05, 0.1) is 11.9 Å². The summed E-state index contributed by atoms with van der Waals surface area (Å²) in [6.45, 7) is 6.22. The number of rotatable bonds is 3. The Morgan fingerprint density at radius 3 is 3.05 bits per heavy atom. The molecule has 0 bridgehead atoms. The van der Waals surface area contributed by atoms with Gasteiger partial charge in [-0.05, 0) is 25.4 Å². The summed E-state index contributed by atoms with van der Waals surface area (Å²) in [7, 11) is 2.17. The average molecular weight is 292 g/mol. The molecular weight excluding hydrogens is 272 g/mol. The Balaban J connectivity index is 1.80. The number of hydrogen-bond acceptors (Lipinski definition) is 7. The van der Waals surface area contributed by atoms with E-state index in [0.29, 0.717) is 11.9 Å². The zero-order valence-corrected chi connectivity index (χ0v) is 12.7. The predicted octanol–water partition coefficient (Wildman–Crippen LogP) is 1.11. The topological polar surface area (TPSA) is 70.3 Å². The van der Waals surface area contributed by atoms with Gasteiger partial charge in [0.25, 0.3) is 0 Å². The molecule has 20 heavy (non-hydrogen) atoms. The number of anilines is 1. The van der Waals surface area contributed by atoms with Crippen LogP contribution in [0.3, 0.4) is 0 Å². The maximum atomic E-state index is 5.56. The summed E-state index contributed by atoms with van der Waals surface area (Å²) in [6.07, 6.45) is 0. The van der Waals surface area contributed by atoms with Gasteiger partial charge in [-0.2, -0.15) is 0 Å². The van der Waals surface area contributed by atoms with Gasteiger partial charge in [-0.1, -0.05) is 0 Å². The molecule has 1 atom stereocenters. The number of fused-ring (bicyclic) bond motifs is 1. The second kappa shape index (κ2) is 5.61. The van der Waals surface area contributed by atoms with Crippen LogP contribution < -0.4 is 11.3 Å². The van der Waals surface area contributed by atoms with Crippen molar-refractivity contribution in [2.24, 2.45) is 5.84 Å². The minimum absolute atomic E-state index is 0.571. The lowest BCUT2D eigenvalue weighted by Crippen LogP contribution is -2.49. The van der Waals surface area contributed by atoms with Crippen molar-refractivity contribution in [3.05, 3.63) is 17.3 Å². The second-order valence-corrected chi connectivity index (χ2v) is 6.23. The molecule has 6 nitrogen and oxygen atoms in total. The number of hydrogen-bond donors (Lipinski definition) is 2. The second-order valence-electron chi connectivity index (χ2n) is 5.34. The van der Waals surface area contributed by atoms with E-state index in [4.69, 9.17) is 5.84 Å². The zero-order valence-electron chi connectivity index (χ0n) is 11.8. The lowest BCUT2D eigenvalue weighted by molar-refractivity contribution is 0.0981. The molecule has 0 spiro atoms. The third kappa shape index (κ3) is 2.62. The van der Waals surface area contributed by atoms with Crippen LogP contribution in [0.15, 0.2) is 11.4 Å². The predicted molar refractivity (Wildman–Crippen MR) is 82.6 cm³/mol. The SMILES string of the molecule is CC1CN(Cc2nc(NN)c3ccsc3n2)CCN1C. The number of nitrogens with one attached hydrogen (secondary N) is 1. The van der Waals surface area contributed by atoms with Crippen LogP contribution in [-0.2, 0) is 6.54 Å². The molecule has 0 amide bonds. The molecule has 108 valence electrons. The monoisotopic (exact) mass is 292 g/mol. The molecule has 1 unspecified atom stereocenters. The Kier molecular flexibility index (Phi) is 3.84. The van der Waals surface area contributed by atoms with E-state index in [1.807, 2.05) is 11.4 Å². The highest BCUT2D eigenvalue weighted by atomic mass is 32.1. The van der Waals surface area contributed by atoms with Crippen LogP contribution in [0.4, 0.5) is 5.82 Å². The molecule has 2 aromatic rings. The third-order valence-corrected chi connectivity index (χ3v) is 4.72. The van der Waals surface area contributed by atoms with E-state index in [9.17, 15) is 0 Å². The first-order valence-electron chi connectivity index (χ1n) is 6.80. The van der Waals surface area contributed by atoms with Crippen molar-refractivity contribution in [3.8, 4) is 0 Å². The molecule has 7 heteroatoms. The minimum Gasteiger partial charge on any atom is -0.308 e. The molecule has 0 saturated carbocycles. The number of nitrogen functional groups attached to an aromatic ring is 1. The van der Waals surface area contributed by atoms with Crippen LogP contribution >= 0.6 is 11.3 Å². The fourth-order valence-electron chi connectivity index (χ4n) is 2.55. The fraction of sp³-hybridized carbons (Fsp3) is 0.538. The quantitative estimate of drug-likeness (QED) is 0.652. The van der Waals surface area contributed by atoms with E-state index in [2.05, 4.69) is 39.2 Å². The number of piperazine rings is 1. The first-order valence-corrected chi connectivity index (χ1v) is 7.68. The Labute approximate surface area is 122 Å². The summed E-state index contributed by atoms with van der Waals surface area (Å²) >= 11 is 1.62. The van der Waals surface area contributed by atoms with Gasteiger partial charge in [0, 0.05) is 25.7 Å². The van der Waals surface area contributed by atoms with E-state index in [0.717, 1.165) is 42.2 Å². The van der Waals surface area contributed by atoms with Crippen molar-refractivity contribution in [2.75, 3.05) is 32.1 Å². The minimum atomic E-state index is 0.571. The summed E-state index contributed by atoms with van der Waals surface area (Å²) in [5.74, 6) is 7.12. The van der Waals surface area contributed by atoms with E-state index >= 15 is 0 Å².